The molecule has 0 heterocycles. The Morgan fingerprint density at radius 1 is 0.727 bits per heavy atom. The number of aromatic hydroxyl groups is 1. The third-order valence-electron chi connectivity index (χ3n) is 3.60. The van der Waals surface area contributed by atoms with Crippen molar-refractivity contribution in [2.24, 2.45) is 0 Å². The third-order valence-corrected chi connectivity index (χ3v) is 4.25. The van der Waals surface area contributed by atoms with Gasteiger partial charge in [-0.1, -0.05) is 71.7 Å². The van der Waals surface area contributed by atoms with Crippen molar-refractivity contribution in [3.8, 4) is 16.9 Å². The Bertz CT molecular complexity index is 798. The van der Waals surface area contributed by atoms with Gasteiger partial charge in [0.1, 0.15) is 5.75 Å². The summed E-state index contributed by atoms with van der Waals surface area (Å²) in [5.41, 5.74) is 3.51. The molecule has 0 aromatic heterocycles. The van der Waals surface area contributed by atoms with E-state index in [4.69, 9.17) is 23.2 Å². The quantitative estimate of drug-likeness (QED) is 0.629. The van der Waals surface area contributed by atoms with Gasteiger partial charge in [0.05, 0.1) is 0 Å². The molecule has 0 unspecified atom stereocenters. The van der Waals surface area contributed by atoms with Gasteiger partial charge in [-0.15, -0.1) is 0 Å². The topological polar surface area (TPSA) is 20.2 Å². The van der Waals surface area contributed by atoms with E-state index in [-0.39, 0.29) is 5.75 Å². The fourth-order valence-electron chi connectivity index (χ4n) is 2.54. The van der Waals surface area contributed by atoms with Crippen molar-refractivity contribution in [3.63, 3.8) is 0 Å². The molecule has 0 saturated heterocycles. The Morgan fingerprint density at radius 2 is 1.41 bits per heavy atom. The summed E-state index contributed by atoms with van der Waals surface area (Å²) in [5.74, 6) is 0.225. The van der Waals surface area contributed by atoms with Crippen molar-refractivity contribution < 1.29 is 5.11 Å². The van der Waals surface area contributed by atoms with E-state index < -0.39 is 0 Å². The van der Waals surface area contributed by atoms with Crippen LogP contribution >= 0.6 is 23.2 Å². The van der Waals surface area contributed by atoms with Crippen molar-refractivity contribution in [3.05, 3.63) is 87.9 Å². The van der Waals surface area contributed by atoms with Crippen molar-refractivity contribution in [1.82, 2.24) is 0 Å². The largest absolute Gasteiger partial charge is 0.508 e. The van der Waals surface area contributed by atoms with Gasteiger partial charge in [-0.05, 0) is 23.8 Å². The van der Waals surface area contributed by atoms with Gasteiger partial charge in [0.2, 0.25) is 0 Å². The van der Waals surface area contributed by atoms with Crippen LogP contribution in [0, 0.1) is 0 Å². The zero-order valence-electron chi connectivity index (χ0n) is 11.8. The standard InChI is InChI=1S/C19H14Cl2O/c20-16-9-5-4-8-14(16)19-15(18(22)11-10-17(19)21)12-13-6-2-1-3-7-13/h1-11,22H,12H2. The number of hydrogen-bond donors (Lipinski definition) is 1. The lowest BCUT2D eigenvalue weighted by Crippen LogP contribution is -1.95. The molecule has 3 aromatic carbocycles. The van der Waals surface area contributed by atoms with Crippen molar-refractivity contribution in [2.45, 2.75) is 6.42 Å². The minimum absolute atomic E-state index is 0.225. The van der Waals surface area contributed by atoms with Crippen LogP contribution in [0.4, 0.5) is 0 Å². The fraction of sp³-hybridized carbons (Fsp3) is 0.0526. The molecule has 1 N–H and O–H groups in total. The molecular weight excluding hydrogens is 315 g/mol. The number of phenols is 1. The second kappa shape index (κ2) is 6.43. The average molecular weight is 329 g/mol. The highest BCUT2D eigenvalue weighted by Crippen LogP contribution is 2.40. The molecular formula is C19H14Cl2O. The minimum atomic E-state index is 0.225. The van der Waals surface area contributed by atoms with E-state index in [1.54, 1.807) is 12.1 Å². The van der Waals surface area contributed by atoms with Crippen LogP contribution in [0.2, 0.25) is 10.0 Å². The lowest BCUT2D eigenvalue weighted by molar-refractivity contribution is 0.470. The maximum absolute atomic E-state index is 10.3. The number of hydrogen-bond acceptors (Lipinski definition) is 1. The summed E-state index contributed by atoms with van der Waals surface area (Å²) < 4.78 is 0. The number of rotatable bonds is 3. The van der Waals surface area contributed by atoms with Crippen molar-refractivity contribution in [2.75, 3.05) is 0 Å². The van der Waals surface area contributed by atoms with E-state index in [0.29, 0.717) is 16.5 Å². The fourth-order valence-corrected chi connectivity index (χ4v) is 3.05. The Balaban J connectivity index is 2.18. The van der Waals surface area contributed by atoms with Crippen LogP contribution in [0.25, 0.3) is 11.1 Å². The molecule has 0 fully saturated rings. The highest BCUT2D eigenvalue weighted by Gasteiger charge is 2.16. The molecule has 3 rings (SSSR count). The summed E-state index contributed by atoms with van der Waals surface area (Å²) >= 11 is 12.7. The van der Waals surface area contributed by atoms with E-state index in [0.717, 1.165) is 22.3 Å². The molecule has 0 bridgehead atoms. The zero-order valence-corrected chi connectivity index (χ0v) is 13.3. The number of phenolic OH excluding ortho intramolecular Hbond substituents is 1. The maximum atomic E-state index is 10.3. The molecule has 0 saturated carbocycles. The smallest absolute Gasteiger partial charge is 0.119 e. The van der Waals surface area contributed by atoms with Crippen LogP contribution in [0.15, 0.2) is 66.7 Å². The van der Waals surface area contributed by atoms with E-state index in [2.05, 4.69) is 0 Å². The number of halogens is 2. The van der Waals surface area contributed by atoms with Gasteiger partial charge in [-0.25, -0.2) is 0 Å². The molecule has 0 aliphatic carbocycles. The molecule has 0 amide bonds. The van der Waals surface area contributed by atoms with Gasteiger partial charge in [-0.2, -0.15) is 0 Å². The Kier molecular flexibility index (Phi) is 4.37. The van der Waals surface area contributed by atoms with E-state index >= 15 is 0 Å². The first-order valence-electron chi connectivity index (χ1n) is 6.96. The molecule has 0 aliphatic heterocycles. The summed E-state index contributed by atoms with van der Waals surface area (Å²) in [6.45, 7) is 0. The molecule has 3 heteroatoms. The summed E-state index contributed by atoms with van der Waals surface area (Å²) in [7, 11) is 0. The van der Waals surface area contributed by atoms with Crippen LogP contribution in [-0.4, -0.2) is 5.11 Å². The van der Waals surface area contributed by atoms with E-state index in [9.17, 15) is 5.11 Å². The van der Waals surface area contributed by atoms with Gasteiger partial charge in [0, 0.05) is 33.2 Å². The molecule has 22 heavy (non-hydrogen) atoms. The Hall–Kier alpha value is -1.96. The first kappa shape index (κ1) is 15.0. The zero-order chi connectivity index (χ0) is 15.5. The molecule has 0 radical (unpaired) electrons. The predicted molar refractivity (Wildman–Crippen MR) is 92.8 cm³/mol. The first-order chi connectivity index (χ1) is 10.7. The summed E-state index contributed by atoms with van der Waals surface area (Å²) in [6.07, 6.45) is 0.591. The maximum Gasteiger partial charge on any atom is 0.119 e. The average Bonchev–Trinajstić information content (AvgIpc) is 2.53. The van der Waals surface area contributed by atoms with E-state index in [1.807, 2.05) is 54.6 Å². The van der Waals surface area contributed by atoms with Gasteiger partial charge in [-0.3, -0.25) is 0 Å². The van der Waals surface area contributed by atoms with Crippen molar-refractivity contribution in [1.29, 1.82) is 0 Å². The van der Waals surface area contributed by atoms with Crippen LogP contribution in [0.5, 0.6) is 5.75 Å². The van der Waals surface area contributed by atoms with Crippen LogP contribution in [0.1, 0.15) is 11.1 Å². The van der Waals surface area contributed by atoms with Gasteiger partial charge in [0.15, 0.2) is 0 Å². The minimum Gasteiger partial charge on any atom is -0.508 e. The molecule has 110 valence electrons. The monoisotopic (exact) mass is 328 g/mol. The van der Waals surface area contributed by atoms with Gasteiger partial charge >= 0.3 is 0 Å². The SMILES string of the molecule is Oc1ccc(Cl)c(-c2ccccc2Cl)c1Cc1ccccc1. The van der Waals surface area contributed by atoms with E-state index in [1.165, 1.54) is 0 Å². The molecule has 0 atom stereocenters. The first-order valence-corrected chi connectivity index (χ1v) is 7.71. The number of benzene rings is 3. The highest BCUT2D eigenvalue weighted by molar-refractivity contribution is 6.36. The normalized spacial score (nSPS) is 10.6. The van der Waals surface area contributed by atoms with Crippen molar-refractivity contribution >= 4 is 23.2 Å². The predicted octanol–water partition coefficient (Wildman–Crippen LogP) is 5.96. The van der Waals surface area contributed by atoms with Gasteiger partial charge in [0.25, 0.3) is 0 Å². The third kappa shape index (κ3) is 2.96. The molecule has 1 nitrogen and oxygen atoms in total. The Labute approximate surface area is 139 Å². The Morgan fingerprint density at radius 3 is 2.14 bits per heavy atom. The van der Waals surface area contributed by atoms with Crippen LogP contribution in [0.3, 0.4) is 0 Å². The highest BCUT2D eigenvalue weighted by atomic mass is 35.5. The molecule has 3 aromatic rings. The molecule has 0 aliphatic rings. The lowest BCUT2D eigenvalue weighted by atomic mass is 9.94. The van der Waals surface area contributed by atoms with Crippen LogP contribution < -0.4 is 0 Å². The second-order valence-corrected chi connectivity index (χ2v) is 5.88. The summed E-state index contributed by atoms with van der Waals surface area (Å²) in [6, 6.07) is 20.8. The van der Waals surface area contributed by atoms with Gasteiger partial charge < -0.3 is 5.11 Å². The molecule has 0 spiro atoms. The summed E-state index contributed by atoms with van der Waals surface area (Å²) in [4.78, 5) is 0. The summed E-state index contributed by atoms with van der Waals surface area (Å²) in [5, 5.41) is 11.5. The van der Waals surface area contributed by atoms with Crippen LogP contribution in [-0.2, 0) is 6.42 Å². The second-order valence-electron chi connectivity index (χ2n) is 5.06. The lowest BCUT2D eigenvalue weighted by Gasteiger charge is -2.15.